The Hall–Kier alpha value is -2.92. The van der Waals surface area contributed by atoms with Crippen LogP contribution in [0.2, 0.25) is 15.8 Å². The van der Waals surface area contributed by atoms with Crippen molar-refractivity contribution in [1.82, 2.24) is 9.97 Å². The topological polar surface area (TPSA) is 38.9 Å². The number of pyridine rings is 2. The van der Waals surface area contributed by atoms with Crippen LogP contribution in [0.4, 0.5) is 0 Å². The number of rotatable bonds is 7. The van der Waals surface area contributed by atoms with Gasteiger partial charge in [-0.25, -0.2) is 0 Å². The van der Waals surface area contributed by atoms with Crippen LogP contribution in [0.15, 0.2) is 83.5 Å². The average molecular weight is 509 g/mol. The molecule has 2 aromatic carbocycles. The number of benzene rings is 2. The summed E-state index contributed by atoms with van der Waals surface area (Å²) in [7, 11) is 0. The number of furan rings is 1. The van der Waals surface area contributed by atoms with E-state index in [1.54, 1.807) is 0 Å². The second-order valence-corrected chi connectivity index (χ2v) is 20.3. The maximum absolute atomic E-state index is 6.15. The number of hydrogen-bond donors (Lipinski definition) is 0. The van der Waals surface area contributed by atoms with Crippen molar-refractivity contribution in [2.75, 3.05) is 0 Å². The Labute approximate surface area is 204 Å². The van der Waals surface area contributed by atoms with Gasteiger partial charge in [0.15, 0.2) is 0 Å². The second kappa shape index (κ2) is 9.38. The monoisotopic (exact) mass is 510 g/mol. The van der Waals surface area contributed by atoms with Crippen molar-refractivity contribution in [3.63, 3.8) is 0 Å². The van der Waals surface area contributed by atoms with Crippen LogP contribution >= 0.6 is 0 Å². The summed E-state index contributed by atoms with van der Waals surface area (Å²) in [6.07, 6.45) is 4.12. The van der Waals surface area contributed by atoms with Crippen LogP contribution in [0.5, 0.6) is 0 Å². The molecule has 5 rings (SSSR count). The molecule has 34 heavy (non-hydrogen) atoms. The van der Waals surface area contributed by atoms with E-state index < -0.39 is 13.3 Å². The van der Waals surface area contributed by atoms with E-state index in [0.29, 0.717) is 5.71 Å². The van der Waals surface area contributed by atoms with Gasteiger partial charge in [0.25, 0.3) is 0 Å². The van der Waals surface area contributed by atoms with E-state index in [2.05, 4.69) is 88.5 Å². The Morgan fingerprint density at radius 2 is 1.50 bits per heavy atom. The molecule has 172 valence electrons. The summed E-state index contributed by atoms with van der Waals surface area (Å²) in [6.45, 7) is 9.36. The summed E-state index contributed by atoms with van der Waals surface area (Å²) in [5.41, 5.74) is 6.14. The SMILES string of the molecule is C[CH2][Ge]([CH2]C)([CH2]C)[c]1ccc(-c2cnc3oc4ccccc4c3c2C(C)c2ccccc2)nc1. The van der Waals surface area contributed by atoms with E-state index in [0.717, 1.165) is 27.6 Å². The molecule has 1 atom stereocenters. The fourth-order valence-corrected chi connectivity index (χ4v) is 12.8. The molecule has 0 spiro atoms. The van der Waals surface area contributed by atoms with Gasteiger partial charge in [0.2, 0.25) is 0 Å². The quantitative estimate of drug-likeness (QED) is 0.209. The van der Waals surface area contributed by atoms with Gasteiger partial charge in [0.05, 0.1) is 0 Å². The number of aromatic nitrogens is 2. The van der Waals surface area contributed by atoms with Crippen molar-refractivity contribution in [2.45, 2.75) is 49.4 Å². The Morgan fingerprint density at radius 1 is 0.794 bits per heavy atom. The van der Waals surface area contributed by atoms with Gasteiger partial charge in [-0.3, -0.25) is 0 Å². The Balaban J connectivity index is 1.74. The molecule has 0 N–H and O–H groups in total. The van der Waals surface area contributed by atoms with E-state index in [4.69, 9.17) is 14.4 Å². The van der Waals surface area contributed by atoms with Crippen molar-refractivity contribution in [3.05, 3.63) is 90.3 Å². The fraction of sp³-hybridized carbons (Fsp3) is 0.267. The van der Waals surface area contributed by atoms with Gasteiger partial charge in [-0.05, 0) is 0 Å². The summed E-state index contributed by atoms with van der Waals surface area (Å²) in [4.78, 5) is 9.80. The Kier molecular flexibility index (Phi) is 6.31. The maximum atomic E-state index is 6.15. The van der Waals surface area contributed by atoms with Crippen LogP contribution in [-0.2, 0) is 0 Å². The van der Waals surface area contributed by atoms with Crippen molar-refractivity contribution in [3.8, 4) is 11.3 Å². The molecule has 4 heteroatoms. The number of nitrogens with zero attached hydrogens (tertiary/aromatic N) is 2. The molecule has 0 bridgehead atoms. The minimum absolute atomic E-state index is 0.169. The van der Waals surface area contributed by atoms with E-state index in [9.17, 15) is 0 Å². The molecule has 0 aliphatic rings. The van der Waals surface area contributed by atoms with Crippen LogP contribution in [0.1, 0.15) is 44.7 Å². The molecular formula is C30H32GeN2O. The molecule has 0 aliphatic heterocycles. The van der Waals surface area contributed by atoms with Crippen LogP contribution in [0.25, 0.3) is 33.3 Å². The first kappa shape index (κ1) is 22.9. The summed E-state index contributed by atoms with van der Waals surface area (Å²) >= 11 is -2.05. The first-order valence-electron chi connectivity index (χ1n) is 12.4. The molecular weight excluding hydrogens is 477 g/mol. The third-order valence-electron chi connectivity index (χ3n) is 7.86. The number of hydrogen-bond acceptors (Lipinski definition) is 3. The predicted molar refractivity (Wildman–Crippen MR) is 146 cm³/mol. The van der Waals surface area contributed by atoms with Gasteiger partial charge in [-0.15, -0.1) is 0 Å². The zero-order chi connectivity index (χ0) is 23.7. The number of para-hydroxylation sites is 1. The third-order valence-corrected chi connectivity index (χ3v) is 19.6. The van der Waals surface area contributed by atoms with E-state index in [1.807, 2.05) is 18.3 Å². The van der Waals surface area contributed by atoms with Crippen molar-refractivity contribution in [2.24, 2.45) is 0 Å². The first-order valence-corrected chi connectivity index (χ1v) is 17.9. The molecule has 0 aliphatic carbocycles. The Bertz CT molecular complexity index is 1410. The van der Waals surface area contributed by atoms with Gasteiger partial charge in [-0.1, -0.05) is 0 Å². The summed E-state index contributed by atoms with van der Waals surface area (Å²) in [5.74, 6) is 0.169. The van der Waals surface area contributed by atoms with Gasteiger partial charge in [-0.2, -0.15) is 0 Å². The molecule has 3 aromatic heterocycles. The summed E-state index contributed by atoms with van der Waals surface area (Å²) in [6, 6.07) is 23.5. The third kappa shape index (κ3) is 3.76. The van der Waals surface area contributed by atoms with Crippen LogP contribution in [0, 0.1) is 0 Å². The molecule has 0 saturated carbocycles. The molecule has 5 aromatic rings. The molecule has 1 unspecified atom stereocenters. The molecule has 0 radical (unpaired) electrons. The zero-order valence-corrected chi connectivity index (χ0v) is 22.6. The van der Waals surface area contributed by atoms with E-state index in [-0.39, 0.29) is 5.92 Å². The summed E-state index contributed by atoms with van der Waals surface area (Å²) < 4.78 is 7.66. The van der Waals surface area contributed by atoms with Gasteiger partial charge < -0.3 is 0 Å². The van der Waals surface area contributed by atoms with Crippen molar-refractivity contribution in [1.29, 1.82) is 0 Å². The second-order valence-electron chi connectivity index (χ2n) is 9.27. The van der Waals surface area contributed by atoms with Crippen LogP contribution in [-0.4, -0.2) is 23.2 Å². The fourth-order valence-electron chi connectivity index (χ4n) is 5.50. The average Bonchev–Trinajstić information content (AvgIpc) is 3.29. The number of fused-ring (bicyclic) bond motifs is 3. The molecule has 3 nitrogen and oxygen atoms in total. The van der Waals surface area contributed by atoms with Crippen LogP contribution < -0.4 is 4.40 Å². The molecule has 0 saturated heterocycles. The van der Waals surface area contributed by atoms with E-state index in [1.165, 1.54) is 31.3 Å². The first-order chi connectivity index (χ1) is 16.6. The van der Waals surface area contributed by atoms with E-state index >= 15 is 0 Å². The molecule has 0 fully saturated rings. The standard InChI is InChI=1S/C30H32GeN2O/c1-5-31(6-2,7-3)23-17-18-26(32-19-23)25-20-33-30-29(24-15-11-12-16-27(24)34-30)28(25)21(4)22-13-9-8-10-14-22/h8-21H,5-7H2,1-4H3. The Morgan fingerprint density at radius 3 is 2.18 bits per heavy atom. The minimum atomic E-state index is -2.05. The van der Waals surface area contributed by atoms with Gasteiger partial charge >= 0.3 is 205 Å². The predicted octanol–water partition coefficient (Wildman–Crippen LogP) is 7.91. The zero-order valence-electron chi connectivity index (χ0n) is 20.5. The van der Waals surface area contributed by atoms with Crippen LogP contribution in [0.3, 0.4) is 0 Å². The van der Waals surface area contributed by atoms with Crippen molar-refractivity contribution >= 4 is 39.7 Å². The molecule has 3 heterocycles. The normalized spacial score (nSPS) is 12.9. The molecule has 0 amide bonds. The van der Waals surface area contributed by atoms with Gasteiger partial charge in [0, 0.05) is 0 Å². The van der Waals surface area contributed by atoms with Crippen molar-refractivity contribution < 1.29 is 4.42 Å². The summed E-state index contributed by atoms with van der Waals surface area (Å²) in [5, 5.41) is 6.12. The van der Waals surface area contributed by atoms with Gasteiger partial charge in [0.1, 0.15) is 0 Å².